The lowest BCUT2D eigenvalue weighted by Crippen LogP contribution is -2.42. The minimum atomic E-state index is -0.721. The van der Waals surface area contributed by atoms with E-state index in [0.29, 0.717) is 58.2 Å². The van der Waals surface area contributed by atoms with Crippen LogP contribution >= 0.6 is 23.5 Å². The van der Waals surface area contributed by atoms with Gasteiger partial charge in [0.15, 0.2) is 34.4 Å². The van der Waals surface area contributed by atoms with E-state index in [1.54, 1.807) is 0 Å². The van der Waals surface area contributed by atoms with Gasteiger partial charge in [0.05, 0.1) is 6.34 Å². The van der Waals surface area contributed by atoms with Crippen LogP contribution in [0.2, 0.25) is 5.15 Å². The summed E-state index contributed by atoms with van der Waals surface area (Å²) < 4.78 is 7.45. The van der Waals surface area contributed by atoms with Gasteiger partial charge in [-0.25, -0.2) is 25.0 Å². The molecular formula is C36H63ClN18O4S. The Balaban J connectivity index is 1.75. The third-order valence-electron chi connectivity index (χ3n) is 8.44. The van der Waals surface area contributed by atoms with Crippen molar-refractivity contribution in [3.05, 3.63) is 40.7 Å². The molecule has 0 aliphatic carbocycles. The number of hydrazine groups is 1. The van der Waals surface area contributed by atoms with E-state index in [4.69, 9.17) is 55.5 Å². The molecule has 0 atom stereocenters. The zero-order valence-electron chi connectivity index (χ0n) is 34.0. The molecule has 1 heterocycles. The first-order valence-corrected chi connectivity index (χ1v) is 21.2. The number of carbonyl (C=O) groups excluding carboxylic acids is 3. The van der Waals surface area contributed by atoms with Gasteiger partial charge >= 0.3 is 12.1 Å². The third kappa shape index (κ3) is 23.2. The number of nitrogen functional groups attached to an aromatic ring is 2. The van der Waals surface area contributed by atoms with Crippen molar-refractivity contribution in [2.75, 3.05) is 82.7 Å². The zero-order chi connectivity index (χ0) is 44.0. The molecule has 0 saturated carbocycles. The summed E-state index contributed by atoms with van der Waals surface area (Å²) >= 11 is 7.16. The van der Waals surface area contributed by atoms with Gasteiger partial charge in [-0.05, 0) is 101 Å². The highest BCUT2D eigenvalue weighted by Gasteiger charge is 2.17. The first-order valence-electron chi connectivity index (χ1n) is 19.8. The minimum Gasteiger partial charge on any atom is -0.492 e. The maximum atomic E-state index is 12.4. The molecule has 22 nitrogen and oxygen atoms in total. The quantitative estimate of drug-likeness (QED) is 0.0166. The monoisotopic (exact) mass is 878 g/mol. The smallest absolute Gasteiger partial charge is 0.339 e. The Morgan fingerprint density at radius 2 is 1.42 bits per heavy atom. The van der Waals surface area contributed by atoms with E-state index >= 15 is 0 Å². The van der Waals surface area contributed by atoms with Crippen LogP contribution in [0.5, 0.6) is 5.75 Å². The largest absolute Gasteiger partial charge is 0.492 e. The molecule has 1 aromatic heterocycles. The number of guanidine groups is 2. The van der Waals surface area contributed by atoms with E-state index in [1.165, 1.54) is 16.4 Å². The number of carbonyl (C=O) groups is 3. The number of nitrogens with zero attached hydrogens (tertiary/aromatic N) is 4. The molecule has 18 N–H and O–H groups in total. The SMILES string of the molecule is N=CNCCCCSN(NCCCN(CCCNC(=O)NCCCCNC(=N)N)CCOc1ccc(CCCCNC(=N)NC(=O)c2nc(Cl)c(N)nc2N)cc1)C(N)=O. The van der Waals surface area contributed by atoms with Crippen molar-refractivity contribution < 1.29 is 19.1 Å². The fourth-order valence-corrected chi connectivity index (χ4v) is 6.30. The minimum absolute atomic E-state index is 0.0671. The van der Waals surface area contributed by atoms with Crippen molar-refractivity contribution in [3.8, 4) is 5.75 Å². The Morgan fingerprint density at radius 3 is 2.10 bits per heavy atom. The van der Waals surface area contributed by atoms with E-state index in [-0.39, 0.29) is 40.4 Å². The average molecular weight is 880 g/mol. The number of halogens is 1. The molecule has 0 bridgehead atoms. The molecule has 0 radical (unpaired) electrons. The number of nitrogens with one attached hydrogen (secondary N) is 10. The van der Waals surface area contributed by atoms with Crippen molar-refractivity contribution in [1.82, 2.24) is 56.6 Å². The van der Waals surface area contributed by atoms with E-state index in [9.17, 15) is 14.4 Å². The predicted octanol–water partition coefficient (Wildman–Crippen LogP) is 1.11. The summed E-state index contributed by atoms with van der Waals surface area (Å²) in [6.45, 7) is 5.86. The van der Waals surface area contributed by atoms with Gasteiger partial charge in [0, 0.05) is 51.6 Å². The van der Waals surface area contributed by atoms with E-state index in [1.807, 2.05) is 24.3 Å². The number of hydrogen-bond acceptors (Lipinski definition) is 14. The number of unbranched alkanes of at least 4 members (excludes halogenated alkanes) is 3. The summed E-state index contributed by atoms with van der Waals surface area (Å²) in [5, 5.41) is 38.6. The molecule has 60 heavy (non-hydrogen) atoms. The summed E-state index contributed by atoms with van der Waals surface area (Å²) in [5.41, 5.74) is 26.1. The van der Waals surface area contributed by atoms with Crippen molar-refractivity contribution >= 4 is 71.4 Å². The molecular weight excluding hydrogens is 816 g/mol. The highest BCUT2D eigenvalue weighted by atomic mass is 35.5. The fraction of sp³-hybridized carbons (Fsp3) is 0.556. The van der Waals surface area contributed by atoms with Crippen molar-refractivity contribution in [2.45, 2.75) is 57.8 Å². The average Bonchev–Trinajstić information content (AvgIpc) is 3.21. The highest BCUT2D eigenvalue weighted by molar-refractivity contribution is 7.97. The summed E-state index contributed by atoms with van der Waals surface area (Å²) in [6.07, 6.45) is 8.34. The van der Waals surface area contributed by atoms with Crippen molar-refractivity contribution in [1.29, 1.82) is 16.2 Å². The van der Waals surface area contributed by atoms with Gasteiger partial charge in [-0.3, -0.25) is 31.2 Å². The lowest BCUT2D eigenvalue weighted by molar-refractivity contribution is 0.0971. The van der Waals surface area contributed by atoms with Crippen LogP contribution in [0.25, 0.3) is 0 Å². The van der Waals surface area contributed by atoms with Crippen LogP contribution in [0, 0.1) is 16.2 Å². The van der Waals surface area contributed by atoms with Crippen LogP contribution in [-0.2, 0) is 6.42 Å². The Kier molecular flexibility index (Phi) is 25.7. The molecule has 0 fully saturated rings. The molecule has 0 unspecified atom stereocenters. The topological polar surface area (TPSA) is 353 Å². The molecule has 2 aromatic rings. The van der Waals surface area contributed by atoms with Gasteiger partial charge < -0.3 is 54.3 Å². The number of rotatable bonds is 31. The number of urea groups is 2. The molecule has 5 amide bonds. The van der Waals surface area contributed by atoms with E-state index in [2.05, 4.69) is 52.2 Å². The second-order valence-electron chi connectivity index (χ2n) is 13.3. The lowest BCUT2D eigenvalue weighted by atomic mass is 10.1. The molecule has 334 valence electrons. The first kappa shape index (κ1) is 50.6. The molecule has 0 spiro atoms. The summed E-state index contributed by atoms with van der Waals surface area (Å²) in [6, 6.07) is 7.13. The Hall–Kier alpha value is -5.52. The van der Waals surface area contributed by atoms with Crippen molar-refractivity contribution in [2.24, 2.45) is 11.5 Å². The van der Waals surface area contributed by atoms with Crippen LogP contribution in [-0.4, -0.2) is 127 Å². The molecule has 1 aromatic carbocycles. The fourth-order valence-electron chi connectivity index (χ4n) is 5.34. The van der Waals surface area contributed by atoms with Gasteiger partial charge in [-0.2, -0.15) is 4.41 Å². The van der Waals surface area contributed by atoms with Crippen LogP contribution < -0.4 is 65.0 Å². The first-order chi connectivity index (χ1) is 28.9. The maximum Gasteiger partial charge on any atom is 0.339 e. The summed E-state index contributed by atoms with van der Waals surface area (Å²) in [5.74, 6) is 0.196. The summed E-state index contributed by atoms with van der Waals surface area (Å²) in [7, 11) is 0. The molecule has 24 heteroatoms. The van der Waals surface area contributed by atoms with Crippen LogP contribution in [0.1, 0.15) is 67.4 Å². The normalized spacial score (nSPS) is 10.7. The van der Waals surface area contributed by atoms with Gasteiger partial charge in [0.1, 0.15) is 12.4 Å². The number of hydrogen-bond donors (Lipinski definition) is 14. The van der Waals surface area contributed by atoms with E-state index < -0.39 is 11.9 Å². The number of aromatic nitrogens is 2. The number of ether oxygens (including phenoxy) is 1. The maximum absolute atomic E-state index is 12.4. The predicted molar refractivity (Wildman–Crippen MR) is 238 cm³/mol. The van der Waals surface area contributed by atoms with Gasteiger partial charge in [-0.15, -0.1) is 0 Å². The number of aryl methyl sites for hydroxylation is 1. The second-order valence-corrected chi connectivity index (χ2v) is 14.7. The number of benzene rings is 1. The third-order valence-corrected chi connectivity index (χ3v) is 9.75. The molecule has 2 rings (SSSR count). The number of amides is 5. The highest BCUT2D eigenvalue weighted by Crippen LogP contribution is 2.17. The van der Waals surface area contributed by atoms with Gasteiger partial charge in [0.25, 0.3) is 5.91 Å². The number of primary amides is 1. The standard InChI is InChI=1S/C36H63ClN18O4S/c37-29-31(40)52-30(39)28(51-29)32(56)53-34(43)47-16-2-1-9-26-10-12-27(13-11-26)59-23-22-54(20-7-18-49-36(58)48-17-4-3-15-46-33(41)42)21-8-19-50-55(35(44)57)60-24-6-5-14-45-25-38/h10-13,25,50H,1-9,14-24H2,(H2,38,45)(H2,44,57)(H4,39,40,52)(H4,41,42,46)(H2,48,49,58)(H3,43,47,53,56). The second kappa shape index (κ2) is 30.5. The Morgan fingerprint density at radius 1 is 0.783 bits per heavy atom. The van der Waals surface area contributed by atoms with Crippen molar-refractivity contribution in [3.63, 3.8) is 0 Å². The van der Waals surface area contributed by atoms with E-state index in [0.717, 1.165) is 88.5 Å². The Labute approximate surface area is 360 Å². The molecule has 0 saturated heterocycles. The summed E-state index contributed by atoms with van der Waals surface area (Å²) in [4.78, 5) is 46.4. The van der Waals surface area contributed by atoms with Gasteiger partial charge in [0.2, 0.25) is 0 Å². The number of nitrogens with two attached hydrogens (primary N) is 4. The zero-order valence-corrected chi connectivity index (χ0v) is 35.6. The Bertz CT molecular complexity index is 1630. The van der Waals surface area contributed by atoms with Crippen LogP contribution in [0.3, 0.4) is 0 Å². The van der Waals surface area contributed by atoms with Gasteiger partial charge in [-0.1, -0.05) is 23.7 Å². The number of anilines is 2. The lowest BCUT2D eigenvalue weighted by Gasteiger charge is -2.24. The molecule has 0 aliphatic rings. The molecule has 0 aliphatic heterocycles. The van der Waals surface area contributed by atoms with Crippen LogP contribution in [0.15, 0.2) is 24.3 Å². The van der Waals surface area contributed by atoms with Crippen LogP contribution in [0.4, 0.5) is 21.2 Å².